The summed E-state index contributed by atoms with van der Waals surface area (Å²) >= 11 is 0. The number of amides is 1. The molecule has 0 saturated heterocycles. The van der Waals surface area contributed by atoms with Gasteiger partial charge in [0, 0.05) is 12.0 Å². The molecule has 1 aromatic rings. The van der Waals surface area contributed by atoms with Crippen LogP contribution in [0.4, 0.5) is 4.79 Å². The number of rotatable bonds is 3. The molecule has 0 aromatic heterocycles. The van der Waals surface area contributed by atoms with Crippen molar-refractivity contribution in [1.82, 2.24) is 5.32 Å². The van der Waals surface area contributed by atoms with Crippen LogP contribution in [0, 0.1) is 13.8 Å². The van der Waals surface area contributed by atoms with Gasteiger partial charge in [0.15, 0.2) is 0 Å². The van der Waals surface area contributed by atoms with Crippen LogP contribution in [0.1, 0.15) is 30.5 Å². The van der Waals surface area contributed by atoms with E-state index in [1.54, 1.807) is 0 Å². The molecule has 1 aromatic carbocycles. The Bertz CT molecular complexity index is 397. The van der Waals surface area contributed by atoms with Crippen LogP contribution in [-0.2, 0) is 5.41 Å². The number of carbonyl (C=O) groups is 1. The lowest BCUT2D eigenvalue weighted by Gasteiger charge is -2.27. The van der Waals surface area contributed by atoms with Gasteiger partial charge in [0.1, 0.15) is 0 Å². The highest BCUT2D eigenvalue weighted by atomic mass is 16.4. The van der Waals surface area contributed by atoms with E-state index in [1.165, 1.54) is 16.7 Å². The van der Waals surface area contributed by atoms with Crippen LogP contribution in [0.5, 0.6) is 0 Å². The van der Waals surface area contributed by atoms with Crippen LogP contribution >= 0.6 is 0 Å². The Balaban J connectivity index is 2.96. The monoisotopic (exact) mass is 221 g/mol. The molecule has 0 bridgehead atoms. The number of aryl methyl sites for hydroxylation is 2. The Hall–Kier alpha value is -1.51. The average molecular weight is 221 g/mol. The van der Waals surface area contributed by atoms with Gasteiger partial charge >= 0.3 is 6.09 Å². The second-order valence-corrected chi connectivity index (χ2v) is 4.86. The third-order valence-corrected chi connectivity index (χ3v) is 2.80. The highest BCUT2D eigenvalue weighted by Gasteiger charge is 2.23. The van der Waals surface area contributed by atoms with E-state index in [-0.39, 0.29) is 5.41 Å². The van der Waals surface area contributed by atoms with Gasteiger partial charge in [-0.05, 0) is 25.0 Å². The smallest absolute Gasteiger partial charge is 0.404 e. The lowest BCUT2D eigenvalue weighted by atomic mass is 9.81. The van der Waals surface area contributed by atoms with Crippen molar-refractivity contribution in [3.8, 4) is 0 Å². The van der Waals surface area contributed by atoms with Crippen molar-refractivity contribution in [3.63, 3.8) is 0 Å². The molecule has 1 amide bonds. The molecule has 0 fully saturated rings. The summed E-state index contributed by atoms with van der Waals surface area (Å²) < 4.78 is 0. The molecule has 0 saturated carbocycles. The number of nitrogens with one attached hydrogen (secondary N) is 1. The van der Waals surface area contributed by atoms with E-state index in [9.17, 15) is 4.79 Å². The predicted octanol–water partition coefficient (Wildman–Crippen LogP) is 2.85. The van der Waals surface area contributed by atoms with E-state index in [0.717, 1.165) is 0 Å². The van der Waals surface area contributed by atoms with Crippen LogP contribution in [0.3, 0.4) is 0 Å². The molecule has 0 unspecified atom stereocenters. The van der Waals surface area contributed by atoms with Crippen LogP contribution in [-0.4, -0.2) is 17.7 Å². The molecule has 0 atom stereocenters. The predicted molar refractivity (Wildman–Crippen MR) is 65.0 cm³/mol. The fraction of sp³-hybridized carbons (Fsp3) is 0.462. The van der Waals surface area contributed by atoms with Crippen molar-refractivity contribution in [2.24, 2.45) is 0 Å². The van der Waals surface area contributed by atoms with E-state index in [1.807, 2.05) is 20.8 Å². The molecule has 0 aliphatic rings. The first-order valence-corrected chi connectivity index (χ1v) is 5.37. The second-order valence-electron chi connectivity index (χ2n) is 4.86. The van der Waals surface area contributed by atoms with Gasteiger partial charge in [-0.2, -0.15) is 0 Å². The van der Waals surface area contributed by atoms with Crippen molar-refractivity contribution in [2.45, 2.75) is 33.1 Å². The summed E-state index contributed by atoms with van der Waals surface area (Å²) in [4.78, 5) is 10.5. The normalized spacial score (nSPS) is 11.2. The molecule has 0 aliphatic carbocycles. The maximum Gasteiger partial charge on any atom is 0.404 e. The maximum absolute atomic E-state index is 10.5. The molecule has 88 valence electrons. The van der Waals surface area contributed by atoms with Crippen LogP contribution < -0.4 is 5.32 Å². The summed E-state index contributed by atoms with van der Waals surface area (Å²) in [7, 11) is 0. The number of carboxylic acid groups (broad SMARTS) is 1. The van der Waals surface area contributed by atoms with Gasteiger partial charge in [-0.1, -0.05) is 37.6 Å². The van der Waals surface area contributed by atoms with E-state index in [4.69, 9.17) is 5.11 Å². The lowest BCUT2D eigenvalue weighted by molar-refractivity contribution is 0.192. The first kappa shape index (κ1) is 12.6. The zero-order valence-corrected chi connectivity index (χ0v) is 10.3. The highest BCUT2D eigenvalue weighted by Crippen LogP contribution is 2.26. The highest BCUT2D eigenvalue weighted by molar-refractivity contribution is 5.64. The standard InChI is InChI=1S/C13H19NO2/c1-9-5-6-10(2)11(7-9)13(3,4)8-14-12(15)16/h5-7,14H,8H2,1-4H3,(H,15,16). The van der Waals surface area contributed by atoms with Crippen LogP contribution in [0.2, 0.25) is 0 Å². The number of hydrogen-bond donors (Lipinski definition) is 2. The fourth-order valence-corrected chi connectivity index (χ4v) is 1.86. The van der Waals surface area contributed by atoms with Gasteiger partial charge in [0.05, 0.1) is 0 Å². The molecule has 0 radical (unpaired) electrons. The van der Waals surface area contributed by atoms with Crippen LogP contribution in [0.25, 0.3) is 0 Å². The summed E-state index contributed by atoms with van der Waals surface area (Å²) in [5.74, 6) is 0. The van der Waals surface area contributed by atoms with Crippen molar-refractivity contribution in [3.05, 3.63) is 34.9 Å². The molecular weight excluding hydrogens is 202 g/mol. The Labute approximate surface area is 96.5 Å². The van der Waals surface area contributed by atoms with Crippen LogP contribution in [0.15, 0.2) is 18.2 Å². The molecule has 0 heterocycles. The molecule has 1 rings (SSSR count). The quantitative estimate of drug-likeness (QED) is 0.824. The zero-order chi connectivity index (χ0) is 12.3. The Morgan fingerprint density at radius 3 is 2.56 bits per heavy atom. The lowest BCUT2D eigenvalue weighted by Crippen LogP contribution is -2.36. The first-order valence-electron chi connectivity index (χ1n) is 5.37. The van der Waals surface area contributed by atoms with Gasteiger partial charge in [0.25, 0.3) is 0 Å². The summed E-state index contributed by atoms with van der Waals surface area (Å²) in [6.45, 7) is 8.61. The molecule has 3 heteroatoms. The number of hydrogen-bond acceptors (Lipinski definition) is 1. The minimum atomic E-state index is -0.974. The molecule has 3 nitrogen and oxygen atoms in total. The Morgan fingerprint density at radius 1 is 1.38 bits per heavy atom. The van der Waals surface area contributed by atoms with E-state index in [2.05, 4.69) is 30.4 Å². The van der Waals surface area contributed by atoms with Crippen molar-refractivity contribution < 1.29 is 9.90 Å². The second kappa shape index (κ2) is 4.56. The molecule has 0 spiro atoms. The summed E-state index contributed by atoms with van der Waals surface area (Å²) in [6, 6.07) is 6.27. The van der Waals surface area contributed by atoms with Crippen molar-refractivity contribution >= 4 is 6.09 Å². The molecule has 2 N–H and O–H groups in total. The summed E-state index contributed by atoms with van der Waals surface area (Å²) in [5.41, 5.74) is 3.40. The van der Waals surface area contributed by atoms with Gasteiger partial charge in [-0.15, -0.1) is 0 Å². The maximum atomic E-state index is 10.5. The Kier molecular flexibility index (Phi) is 3.58. The number of benzene rings is 1. The molecule has 0 aliphatic heterocycles. The zero-order valence-electron chi connectivity index (χ0n) is 10.3. The van der Waals surface area contributed by atoms with Gasteiger partial charge in [-0.3, -0.25) is 0 Å². The van der Waals surface area contributed by atoms with Crippen molar-refractivity contribution in [2.75, 3.05) is 6.54 Å². The minimum Gasteiger partial charge on any atom is -0.465 e. The topological polar surface area (TPSA) is 49.3 Å². The van der Waals surface area contributed by atoms with Gasteiger partial charge in [0.2, 0.25) is 0 Å². The van der Waals surface area contributed by atoms with E-state index >= 15 is 0 Å². The Morgan fingerprint density at radius 2 is 2.00 bits per heavy atom. The summed E-state index contributed by atoms with van der Waals surface area (Å²) in [5, 5.41) is 11.1. The third-order valence-electron chi connectivity index (χ3n) is 2.80. The SMILES string of the molecule is Cc1ccc(C)c(C(C)(C)CNC(=O)O)c1. The molecular formula is C13H19NO2. The fourth-order valence-electron chi connectivity index (χ4n) is 1.86. The first-order chi connectivity index (χ1) is 7.33. The van der Waals surface area contributed by atoms with E-state index < -0.39 is 6.09 Å². The van der Waals surface area contributed by atoms with Gasteiger partial charge in [-0.25, -0.2) is 4.79 Å². The van der Waals surface area contributed by atoms with E-state index in [0.29, 0.717) is 6.54 Å². The largest absolute Gasteiger partial charge is 0.465 e. The van der Waals surface area contributed by atoms with Crippen molar-refractivity contribution in [1.29, 1.82) is 0 Å². The minimum absolute atomic E-state index is 0.186. The summed E-state index contributed by atoms with van der Waals surface area (Å²) in [6.07, 6.45) is -0.974. The molecule has 16 heavy (non-hydrogen) atoms. The average Bonchev–Trinajstić information content (AvgIpc) is 2.19. The third kappa shape index (κ3) is 2.99. The van der Waals surface area contributed by atoms with Gasteiger partial charge < -0.3 is 10.4 Å².